The Hall–Kier alpha value is -1.11. The maximum absolute atomic E-state index is 13.0. The Kier molecular flexibility index (Phi) is 6.25. The lowest BCUT2D eigenvalue weighted by molar-refractivity contribution is 0.278. The Morgan fingerprint density at radius 1 is 0.923 bits per heavy atom. The summed E-state index contributed by atoms with van der Waals surface area (Å²) >= 11 is 12.3. The summed E-state index contributed by atoms with van der Waals surface area (Å²) in [7, 11) is -3.71. The van der Waals surface area contributed by atoms with Gasteiger partial charge in [-0.3, -0.25) is 4.90 Å². The highest BCUT2D eigenvalue weighted by atomic mass is 35.5. The van der Waals surface area contributed by atoms with Crippen molar-refractivity contribution in [3.05, 3.63) is 63.6 Å². The molecule has 0 atom stereocenters. The first-order chi connectivity index (χ1) is 12.4. The van der Waals surface area contributed by atoms with Crippen LogP contribution in [-0.4, -0.2) is 43.8 Å². The predicted octanol–water partition coefficient (Wildman–Crippen LogP) is 4.20. The third-order valence-corrected chi connectivity index (χ3v) is 7.57. The van der Waals surface area contributed by atoms with Gasteiger partial charge < -0.3 is 0 Å². The molecule has 26 heavy (non-hydrogen) atoms. The van der Waals surface area contributed by atoms with E-state index in [1.165, 1.54) is 15.4 Å². The summed E-state index contributed by atoms with van der Waals surface area (Å²) in [4.78, 5) is 2.31. The largest absolute Gasteiger partial charge is 0.298 e. The summed E-state index contributed by atoms with van der Waals surface area (Å²) in [5.41, 5.74) is 2.53. The standard InChI is InChI=1S/C19H22Cl2N2O2S/c1-15-6-2-3-7-16(15)14-22-10-5-11-23(13-12-22)26(24,25)19-17(20)8-4-9-18(19)21/h2-4,6-9H,5,10-14H2,1H3. The Morgan fingerprint density at radius 3 is 2.31 bits per heavy atom. The van der Waals surface area contributed by atoms with E-state index in [0.717, 1.165) is 19.5 Å². The monoisotopic (exact) mass is 412 g/mol. The molecule has 0 saturated carbocycles. The van der Waals surface area contributed by atoms with Crippen LogP contribution in [-0.2, 0) is 16.6 Å². The van der Waals surface area contributed by atoms with Crippen LogP contribution in [0.4, 0.5) is 0 Å². The second-order valence-corrected chi connectivity index (χ2v) is 9.20. The highest BCUT2D eigenvalue weighted by Gasteiger charge is 2.30. The van der Waals surface area contributed by atoms with Gasteiger partial charge in [0.15, 0.2) is 0 Å². The predicted molar refractivity (Wildman–Crippen MR) is 106 cm³/mol. The van der Waals surface area contributed by atoms with Crippen LogP contribution in [0.2, 0.25) is 10.0 Å². The van der Waals surface area contributed by atoms with Gasteiger partial charge in [-0.05, 0) is 43.1 Å². The number of rotatable bonds is 4. The van der Waals surface area contributed by atoms with Gasteiger partial charge in [0.05, 0.1) is 10.0 Å². The molecule has 0 amide bonds. The van der Waals surface area contributed by atoms with Crippen LogP contribution >= 0.6 is 23.2 Å². The quantitative estimate of drug-likeness (QED) is 0.755. The van der Waals surface area contributed by atoms with Crippen molar-refractivity contribution in [3.8, 4) is 0 Å². The zero-order valence-electron chi connectivity index (χ0n) is 14.7. The minimum atomic E-state index is -3.71. The molecule has 0 unspecified atom stereocenters. The number of hydrogen-bond donors (Lipinski definition) is 0. The van der Waals surface area contributed by atoms with Crippen LogP contribution in [0, 0.1) is 6.92 Å². The zero-order chi connectivity index (χ0) is 18.7. The Labute approximate surface area is 165 Å². The smallest absolute Gasteiger partial charge is 0.246 e. The van der Waals surface area contributed by atoms with Crippen molar-refractivity contribution in [3.63, 3.8) is 0 Å². The van der Waals surface area contributed by atoms with Crippen LogP contribution in [0.5, 0.6) is 0 Å². The lowest BCUT2D eigenvalue weighted by Gasteiger charge is -2.23. The van der Waals surface area contributed by atoms with Gasteiger partial charge in [-0.15, -0.1) is 0 Å². The van der Waals surface area contributed by atoms with E-state index >= 15 is 0 Å². The van der Waals surface area contributed by atoms with Crippen LogP contribution in [0.25, 0.3) is 0 Å². The maximum Gasteiger partial charge on any atom is 0.246 e. The van der Waals surface area contributed by atoms with Crippen molar-refractivity contribution in [1.29, 1.82) is 0 Å². The van der Waals surface area contributed by atoms with Crippen molar-refractivity contribution in [2.75, 3.05) is 26.2 Å². The van der Waals surface area contributed by atoms with Crippen LogP contribution < -0.4 is 0 Å². The Balaban J connectivity index is 1.75. The number of sulfonamides is 1. The first kappa shape index (κ1) is 19.6. The molecule has 140 valence electrons. The third-order valence-electron chi connectivity index (χ3n) is 4.72. The molecule has 1 saturated heterocycles. The van der Waals surface area contributed by atoms with Crippen LogP contribution in [0.3, 0.4) is 0 Å². The summed E-state index contributed by atoms with van der Waals surface area (Å²) in [6.45, 7) is 5.35. The molecular weight excluding hydrogens is 391 g/mol. The molecule has 1 fully saturated rings. The molecule has 1 aliphatic rings. The van der Waals surface area contributed by atoms with Gasteiger partial charge in [0.2, 0.25) is 10.0 Å². The van der Waals surface area contributed by atoms with E-state index in [1.807, 2.05) is 12.1 Å². The van der Waals surface area contributed by atoms with E-state index in [1.54, 1.807) is 18.2 Å². The van der Waals surface area contributed by atoms with Gasteiger partial charge in [0.1, 0.15) is 4.90 Å². The van der Waals surface area contributed by atoms with E-state index < -0.39 is 10.0 Å². The maximum atomic E-state index is 13.0. The molecule has 0 radical (unpaired) electrons. The highest BCUT2D eigenvalue weighted by molar-refractivity contribution is 7.89. The van der Waals surface area contributed by atoms with Gasteiger partial charge in [-0.1, -0.05) is 53.5 Å². The minimum absolute atomic E-state index is 0.00990. The van der Waals surface area contributed by atoms with Crippen LogP contribution in [0.1, 0.15) is 17.5 Å². The van der Waals surface area contributed by atoms with E-state index in [0.29, 0.717) is 19.6 Å². The van der Waals surface area contributed by atoms with Crippen LogP contribution in [0.15, 0.2) is 47.4 Å². The fourth-order valence-corrected chi connectivity index (χ4v) is 5.79. The number of halogens is 2. The molecule has 0 N–H and O–H groups in total. The van der Waals surface area contributed by atoms with Crippen molar-refractivity contribution >= 4 is 33.2 Å². The molecule has 1 heterocycles. The van der Waals surface area contributed by atoms with E-state index in [2.05, 4.69) is 24.0 Å². The molecule has 0 aromatic heterocycles. The second kappa shape index (κ2) is 8.28. The van der Waals surface area contributed by atoms with Gasteiger partial charge >= 0.3 is 0 Å². The normalized spacial score (nSPS) is 17.2. The minimum Gasteiger partial charge on any atom is -0.298 e. The number of nitrogens with zero attached hydrogens (tertiary/aromatic N) is 2. The molecule has 2 aromatic carbocycles. The van der Waals surface area contributed by atoms with Crippen molar-refractivity contribution in [1.82, 2.24) is 9.21 Å². The fourth-order valence-electron chi connectivity index (χ4n) is 3.23. The summed E-state index contributed by atoms with van der Waals surface area (Å²) in [6, 6.07) is 13.1. The SMILES string of the molecule is Cc1ccccc1CN1CCCN(S(=O)(=O)c2c(Cl)cccc2Cl)CC1. The third kappa shape index (κ3) is 4.24. The van der Waals surface area contributed by atoms with E-state index in [-0.39, 0.29) is 14.9 Å². The number of hydrogen-bond acceptors (Lipinski definition) is 3. The van der Waals surface area contributed by atoms with Gasteiger partial charge in [0.25, 0.3) is 0 Å². The molecule has 0 spiro atoms. The van der Waals surface area contributed by atoms with Gasteiger partial charge in [0, 0.05) is 26.2 Å². The summed E-state index contributed by atoms with van der Waals surface area (Å²) < 4.78 is 27.6. The summed E-state index contributed by atoms with van der Waals surface area (Å²) in [6.07, 6.45) is 0.771. The van der Waals surface area contributed by atoms with Gasteiger partial charge in [-0.25, -0.2) is 8.42 Å². The molecule has 3 rings (SSSR count). The Bertz CT molecular complexity index is 867. The molecular formula is C19H22Cl2N2O2S. The summed E-state index contributed by atoms with van der Waals surface area (Å²) in [5, 5.41) is 0.331. The lowest BCUT2D eigenvalue weighted by Crippen LogP contribution is -2.35. The molecule has 1 aliphatic heterocycles. The molecule has 4 nitrogen and oxygen atoms in total. The fraction of sp³-hybridized carbons (Fsp3) is 0.368. The topological polar surface area (TPSA) is 40.6 Å². The first-order valence-corrected chi connectivity index (χ1v) is 10.8. The van der Waals surface area contributed by atoms with Crippen molar-refractivity contribution in [2.45, 2.75) is 24.8 Å². The molecule has 0 aliphatic carbocycles. The molecule has 0 bridgehead atoms. The second-order valence-electron chi connectivity index (χ2n) is 6.51. The molecule has 7 heteroatoms. The van der Waals surface area contributed by atoms with E-state index in [4.69, 9.17) is 23.2 Å². The Morgan fingerprint density at radius 2 is 1.62 bits per heavy atom. The van der Waals surface area contributed by atoms with E-state index in [9.17, 15) is 8.42 Å². The number of benzene rings is 2. The van der Waals surface area contributed by atoms with Gasteiger partial charge in [-0.2, -0.15) is 4.31 Å². The lowest BCUT2D eigenvalue weighted by atomic mass is 10.1. The average Bonchev–Trinajstić information content (AvgIpc) is 2.83. The number of aryl methyl sites for hydroxylation is 1. The summed E-state index contributed by atoms with van der Waals surface area (Å²) in [5.74, 6) is 0. The molecule has 2 aromatic rings. The average molecular weight is 413 g/mol. The van der Waals surface area contributed by atoms with Crippen molar-refractivity contribution in [2.24, 2.45) is 0 Å². The zero-order valence-corrected chi connectivity index (χ0v) is 17.0. The van der Waals surface area contributed by atoms with Crippen molar-refractivity contribution < 1.29 is 8.42 Å². The first-order valence-electron chi connectivity index (χ1n) is 8.60. The highest BCUT2D eigenvalue weighted by Crippen LogP contribution is 2.32.